The third kappa shape index (κ3) is 3.45. The van der Waals surface area contributed by atoms with Gasteiger partial charge in [0, 0.05) is 17.3 Å². The van der Waals surface area contributed by atoms with Gasteiger partial charge in [-0.05, 0) is 36.9 Å². The Hall–Kier alpha value is -1.23. The molecule has 0 radical (unpaired) electrons. The topological polar surface area (TPSA) is 30.5 Å². The molecule has 1 N–H and O–H groups in total. The van der Waals surface area contributed by atoms with Crippen LogP contribution in [-0.4, -0.2) is 21.3 Å². The molecule has 1 heterocycles. The molecule has 0 saturated carbocycles. The minimum atomic E-state index is 0.213. The van der Waals surface area contributed by atoms with E-state index in [1.807, 2.05) is 25.2 Å². The highest BCUT2D eigenvalue weighted by atomic mass is 35.5. The zero-order valence-corrected chi connectivity index (χ0v) is 13.3. The van der Waals surface area contributed by atoms with Crippen LogP contribution in [0, 0.1) is 0 Å². The summed E-state index contributed by atoms with van der Waals surface area (Å²) in [5, 5.41) is 3.33. The molecule has 0 amide bonds. The summed E-state index contributed by atoms with van der Waals surface area (Å²) in [4.78, 5) is 1.25. The molecule has 0 aliphatic carbocycles. The van der Waals surface area contributed by atoms with E-state index in [2.05, 4.69) is 17.4 Å². The molecule has 1 aromatic carbocycles. The number of ether oxygens (including phenoxy) is 2. The molecule has 2 aromatic rings. The van der Waals surface area contributed by atoms with Crippen molar-refractivity contribution in [3.05, 3.63) is 45.1 Å². The van der Waals surface area contributed by atoms with Crippen molar-refractivity contribution in [2.45, 2.75) is 12.5 Å². The molecule has 0 aliphatic rings. The quantitative estimate of drug-likeness (QED) is 0.877. The van der Waals surface area contributed by atoms with Crippen molar-refractivity contribution >= 4 is 22.9 Å². The Morgan fingerprint density at radius 3 is 2.45 bits per heavy atom. The van der Waals surface area contributed by atoms with Gasteiger partial charge in [0.2, 0.25) is 0 Å². The molecular formula is C15H18ClNO2S. The summed E-state index contributed by atoms with van der Waals surface area (Å²) in [6, 6.07) is 10.2. The number of hydrogen-bond donors (Lipinski definition) is 1. The van der Waals surface area contributed by atoms with E-state index < -0.39 is 0 Å². The molecule has 1 unspecified atom stereocenters. The Balaban J connectivity index is 2.22. The number of rotatable bonds is 6. The third-order valence-corrected chi connectivity index (χ3v) is 4.45. The molecule has 2 rings (SSSR count). The average Bonchev–Trinajstić information content (AvgIpc) is 2.89. The van der Waals surface area contributed by atoms with Crippen molar-refractivity contribution in [3.63, 3.8) is 0 Å². The fourth-order valence-corrected chi connectivity index (χ4v) is 3.25. The van der Waals surface area contributed by atoms with E-state index in [0.29, 0.717) is 0 Å². The first-order valence-electron chi connectivity index (χ1n) is 6.31. The molecule has 0 spiro atoms. The Morgan fingerprint density at radius 2 is 1.90 bits per heavy atom. The lowest BCUT2D eigenvalue weighted by atomic mass is 10.0. The monoisotopic (exact) mass is 311 g/mol. The van der Waals surface area contributed by atoms with E-state index >= 15 is 0 Å². The molecule has 20 heavy (non-hydrogen) atoms. The van der Waals surface area contributed by atoms with Gasteiger partial charge >= 0.3 is 0 Å². The summed E-state index contributed by atoms with van der Waals surface area (Å²) >= 11 is 7.60. The second-order valence-corrected chi connectivity index (χ2v) is 6.17. The van der Waals surface area contributed by atoms with Gasteiger partial charge in [0.1, 0.15) is 0 Å². The van der Waals surface area contributed by atoms with Gasteiger partial charge in [-0.25, -0.2) is 0 Å². The van der Waals surface area contributed by atoms with Crippen molar-refractivity contribution in [2.75, 3.05) is 21.3 Å². The van der Waals surface area contributed by atoms with Crippen LogP contribution >= 0.6 is 22.9 Å². The van der Waals surface area contributed by atoms with Crippen molar-refractivity contribution in [1.29, 1.82) is 0 Å². The number of thiophene rings is 1. The van der Waals surface area contributed by atoms with E-state index in [1.165, 1.54) is 4.88 Å². The summed E-state index contributed by atoms with van der Waals surface area (Å²) < 4.78 is 11.4. The molecule has 0 saturated heterocycles. The van der Waals surface area contributed by atoms with Gasteiger partial charge in [-0.2, -0.15) is 0 Å². The lowest BCUT2D eigenvalue weighted by molar-refractivity contribution is 0.354. The highest BCUT2D eigenvalue weighted by molar-refractivity contribution is 7.16. The third-order valence-electron chi connectivity index (χ3n) is 3.19. The van der Waals surface area contributed by atoms with Gasteiger partial charge in [0.25, 0.3) is 0 Å². The minimum Gasteiger partial charge on any atom is -0.493 e. The van der Waals surface area contributed by atoms with Gasteiger partial charge < -0.3 is 14.8 Å². The number of hydrogen-bond acceptors (Lipinski definition) is 4. The van der Waals surface area contributed by atoms with Crippen LogP contribution in [0.1, 0.15) is 16.5 Å². The maximum Gasteiger partial charge on any atom is 0.161 e. The maximum atomic E-state index is 5.98. The molecule has 0 bridgehead atoms. The highest BCUT2D eigenvalue weighted by Crippen LogP contribution is 2.32. The van der Waals surface area contributed by atoms with E-state index in [9.17, 15) is 0 Å². The fraction of sp³-hybridized carbons (Fsp3) is 0.333. The van der Waals surface area contributed by atoms with Gasteiger partial charge in [0.05, 0.1) is 18.6 Å². The Labute approximate surface area is 128 Å². The van der Waals surface area contributed by atoms with Crippen LogP contribution in [-0.2, 0) is 6.42 Å². The lowest BCUT2D eigenvalue weighted by Crippen LogP contribution is -2.18. The zero-order valence-electron chi connectivity index (χ0n) is 11.8. The number of nitrogens with one attached hydrogen (secondary N) is 1. The summed E-state index contributed by atoms with van der Waals surface area (Å²) in [7, 11) is 5.24. The van der Waals surface area contributed by atoms with E-state index in [4.69, 9.17) is 21.1 Å². The molecule has 5 heteroatoms. The number of halogens is 1. The zero-order chi connectivity index (χ0) is 14.5. The first-order valence-corrected chi connectivity index (χ1v) is 7.50. The molecular weight excluding hydrogens is 294 g/mol. The summed E-state index contributed by atoms with van der Waals surface area (Å²) in [5.74, 6) is 1.49. The minimum absolute atomic E-state index is 0.213. The largest absolute Gasteiger partial charge is 0.493 e. The van der Waals surface area contributed by atoms with Crippen LogP contribution < -0.4 is 14.8 Å². The molecule has 108 valence electrons. The average molecular weight is 312 g/mol. The van der Waals surface area contributed by atoms with Gasteiger partial charge in [-0.15, -0.1) is 11.3 Å². The standard InChI is InChI=1S/C15H18ClNO2S/c1-17-12(9-11-5-7-15(16)20-11)10-4-6-13(18-2)14(8-10)19-3/h4-8,12,17H,9H2,1-3H3. The molecule has 0 fully saturated rings. The lowest BCUT2D eigenvalue weighted by Gasteiger charge is -2.17. The van der Waals surface area contributed by atoms with Gasteiger partial charge in [0.15, 0.2) is 11.5 Å². The smallest absolute Gasteiger partial charge is 0.161 e. The van der Waals surface area contributed by atoms with Crippen molar-refractivity contribution < 1.29 is 9.47 Å². The Kier molecular flexibility index (Phi) is 5.29. The van der Waals surface area contributed by atoms with E-state index in [1.54, 1.807) is 25.6 Å². The van der Waals surface area contributed by atoms with Crippen LogP contribution in [0.3, 0.4) is 0 Å². The summed E-state index contributed by atoms with van der Waals surface area (Å²) in [6.45, 7) is 0. The highest BCUT2D eigenvalue weighted by Gasteiger charge is 2.14. The number of methoxy groups -OCH3 is 2. The van der Waals surface area contributed by atoms with Gasteiger partial charge in [-0.1, -0.05) is 17.7 Å². The summed E-state index contributed by atoms with van der Waals surface area (Å²) in [6.07, 6.45) is 0.892. The van der Waals surface area contributed by atoms with Gasteiger partial charge in [-0.3, -0.25) is 0 Å². The van der Waals surface area contributed by atoms with E-state index in [-0.39, 0.29) is 6.04 Å². The van der Waals surface area contributed by atoms with Crippen LogP contribution in [0.25, 0.3) is 0 Å². The van der Waals surface area contributed by atoms with Crippen molar-refractivity contribution in [3.8, 4) is 11.5 Å². The molecule has 3 nitrogen and oxygen atoms in total. The Morgan fingerprint density at radius 1 is 1.15 bits per heavy atom. The number of benzene rings is 1. The second-order valence-electron chi connectivity index (χ2n) is 4.37. The first-order chi connectivity index (χ1) is 9.67. The SMILES string of the molecule is CNC(Cc1ccc(Cl)s1)c1ccc(OC)c(OC)c1. The normalized spacial score (nSPS) is 12.2. The van der Waals surface area contributed by atoms with Crippen LogP contribution in [0.4, 0.5) is 0 Å². The molecule has 1 aromatic heterocycles. The molecule has 0 aliphatic heterocycles. The molecule has 1 atom stereocenters. The predicted octanol–water partition coefficient (Wildman–Crippen LogP) is 3.92. The van der Waals surface area contributed by atoms with E-state index in [0.717, 1.165) is 27.8 Å². The fourth-order valence-electron chi connectivity index (χ4n) is 2.12. The summed E-state index contributed by atoms with van der Waals surface area (Å²) in [5.41, 5.74) is 1.16. The maximum absolute atomic E-state index is 5.98. The predicted molar refractivity (Wildman–Crippen MR) is 84.4 cm³/mol. The second kappa shape index (κ2) is 6.97. The van der Waals surface area contributed by atoms with Crippen LogP contribution in [0.5, 0.6) is 11.5 Å². The number of likely N-dealkylation sites (N-methyl/N-ethyl adjacent to an activating group) is 1. The Bertz CT molecular complexity index is 571. The van der Waals surface area contributed by atoms with Crippen molar-refractivity contribution in [2.24, 2.45) is 0 Å². The van der Waals surface area contributed by atoms with Crippen molar-refractivity contribution in [1.82, 2.24) is 5.32 Å². The van der Waals surface area contributed by atoms with Crippen LogP contribution in [0.15, 0.2) is 30.3 Å². The first kappa shape index (κ1) is 15.2. The van der Waals surface area contributed by atoms with Crippen LogP contribution in [0.2, 0.25) is 4.34 Å².